The topological polar surface area (TPSA) is 79.2 Å². The van der Waals surface area contributed by atoms with Crippen molar-refractivity contribution in [3.63, 3.8) is 0 Å². The van der Waals surface area contributed by atoms with Gasteiger partial charge in [-0.25, -0.2) is 4.39 Å². The predicted octanol–water partition coefficient (Wildman–Crippen LogP) is 8.01. The largest absolute Gasteiger partial charge is 0.508 e. The van der Waals surface area contributed by atoms with E-state index < -0.39 is 12.3 Å². The number of rotatable bonds is 12. The fourth-order valence-electron chi connectivity index (χ4n) is 10.2. The molecule has 0 radical (unpaired) electrons. The van der Waals surface area contributed by atoms with Crippen LogP contribution < -0.4 is 9.47 Å². The maximum atomic E-state index is 16.1. The van der Waals surface area contributed by atoms with Crippen LogP contribution in [0.25, 0.3) is 0 Å². The first-order chi connectivity index (χ1) is 22.7. The van der Waals surface area contributed by atoms with Gasteiger partial charge in [-0.2, -0.15) is 0 Å². The van der Waals surface area contributed by atoms with E-state index in [2.05, 4.69) is 11.8 Å². The van der Waals surface area contributed by atoms with Gasteiger partial charge in [-0.1, -0.05) is 51.2 Å². The molecule has 3 saturated carbocycles. The average molecular weight is 650 g/mol. The Kier molecular flexibility index (Phi) is 10.7. The molecule has 2 aromatic rings. The van der Waals surface area contributed by atoms with Crippen LogP contribution in [0.3, 0.4) is 0 Å². The molecule has 1 amide bonds. The molecule has 0 unspecified atom stereocenters. The van der Waals surface area contributed by atoms with Crippen molar-refractivity contribution in [1.82, 2.24) is 4.90 Å². The van der Waals surface area contributed by atoms with E-state index in [9.17, 15) is 15.0 Å². The number of carbonyl (C=O) groups excluding carboxylic acids is 1. The van der Waals surface area contributed by atoms with E-state index in [1.807, 2.05) is 30.3 Å². The molecule has 0 aromatic heterocycles. The van der Waals surface area contributed by atoms with E-state index in [1.54, 1.807) is 20.3 Å². The maximum Gasteiger partial charge on any atom is 0.227 e. The van der Waals surface area contributed by atoms with Gasteiger partial charge in [-0.05, 0) is 121 Å². The molecule has 47 heavy (non-hydrogen) atoms. The van der Waals surface area contributed by atoms with Gasteiger partial charge in [0.15, 0.2) is 11.5 Å². The Morgan fingerprint density at radius 1 is 0.979 bits per heavy atom. The Morgan fingerprint density at radius 2 is 1.77 bits per heavy atom. The third-order valence-corrected chi connectivity index (χ3v) is 12.6. The quantitative estimate of drug-likeness (QED) is 0.228. The minimum atomic E-state index is -0.981. The first-order valence-electron chi connectivity index (χ1n) is 18.3. The highest BCUT2D eigenvalue weighted by molar-refractivity contribution is 5.79. The normalized spacial score (nSPS) is 30.2. The summed E-state index contributed by atoms with van der Waals surface area (Å²) in [6.07, 6.45) is 12.2. The van der Waals surface area contributed by atoms with Gasteiger partial charge < -0.3 is 24.6 Å². The number of ether oxygens (including phenoxy) is 2. The number of methoxy groups -OCH3 is 2. The van der Waals surface area contributed by atoms with Crippen LogP contribution >= 0.6 is 0 Å². The molecule has 2 N–H and O–H groups in total. The molecule has 3 fully saturated rings. The summed E-state index contributed by atoms with van der Waals surface area (Å²) < 4.78 is 27.0. The smallest absolute Gasteiger partial charge is 0.227 e. The van der Waals surface area contributed by atoms with Crippen LogP contribution in [0, 0.1) is 29.1 Å². The first-order valence-corrected chi connectivity index (χ1v) is 18.3. The summed E-state index contributed by atoms with van der Waals surface area (Å²) in [6.45, 7) is 3.72. The molecule has 2 aromatic carbocycles. The Labute approximate surface area is 281 Å². The number of carbonyl (C=O) groups is 1. The molecular formula is C40H56FNO5. The van der Waals surface area contributed by atoms with Crippen molar-refractivity contribution in [2.75, 3.05) is 27.3 Å². The lowest BCUT2D eigenvalue weighted by molar-refractivity contribution is -0.131. The number of aromatic hydroxyl groups is 1. The molecule has 6 rings (SSSR count). The number of unbranched alkanes of at least 4 members (excludes halogenated alkanes) is 2. The van der Waals surface area contributed by atoms with Crippen molar-refractivity contribution >= 4 is 5.91 Å². The van der Waals surface area contributed by atoms with Crippen molar-refractivity contribution in [2.24, 2.45) is 29.1 Å². The van der Waals surface area contributed by atoms with Crippen LogP contribution in [-0.2, 0) is 17.6 Å². The van der Waals surface area contributed by atoms with Gasteiger partial charge in [0.05, 0.1) is 26.7 Å². The molecule has 258 valence electrons. The molecule has 0 spiro atoms. The number of nitrogens with zero attached hydrogens (tertiary/aromatic N) is 1. The van der Waals surface area contributed by atoms with E-state index in [0.717, 1.165) is 74.7 Å². The van der Waals surface area contributed by atoms with Crippen molar-refractivity contribution in [2.45, 2.75) is 115 Å². The predicted molar refractivity (Wildman–Crippen MR) is 183 cm³/mol. The molecule has 0 saturated heterocycles. The zero-order valence-corrected chi connectivity index (χ0v) is 28.8. The van der Waals surface area contributed by atoms with Crippen LogP contribution in [0.1, 0.15) is 107 Å². The SMILES string of the molecule is COc1ccc(CC(=O)N(CCCCC[C@@H]2Cc3cc(O)ccc3[C@@H]3[C@@H]2[C@@H]2CC[C@H](O)[C@@]2(C)C[C@@H]3F)CC2CCCCC2)cc1OC. The molecule has 4 aliphatic rings. The van der Waals surface area contributed by atoms with Crippen molar-refractivity contribution < 1.29 is 28.9 Å². The first kappa shape index (κ1) is 34.1. The highest BCUT2D eigenvalue weighted by atomic mass is 19.1. The number of phenols is 1. The van der Waals surface area contributed by atoms with Crippen LogP contribution in [0.2, 0.25) is 0 Å². The third-order valence-electron chi connectivity index (χ3n) is 12.6. The fraction of sp³-hybridized carbons (Fsp3) is 0.675. The lowest BCUT2D eigenvalue weighted by Gasteiger charge is -2.54. The van der Waals surface area contributed by atoms with E-state index in [-0.39, 0.29) is 28.9 Å². The molecule has 7 atom stereocenters. The van der Waals surface area contributed by atoms with Gasteiger partial charge >= 0.3 is 0 Å². The number of aliphatic hydroxyl groups excluding tert-OH is 1. The number of phenolic OH excluding ortho intramolecular Hbond substituents is 1. The van der Waals surface area contributed by atoms with Crippen LogP contribution in [0.5, 0.6) is 17.2 Å². The van der Waals surface area contributed by atoms with Gasteiger partial charge in [0.2, 0.25) is 5.91 Å². The number of aliphatic hydroxyl groups is 1. The number of hydrogen-bond donors (Lipinski definition) is 2. The number of hydrogen-bond acceptors (Lipinski definition) is 5. The van der Waals surface area contributed by atoms with Crippen molar-refractivity contribution in [3.05, 3.63) is 53.1 Å². The van der Waals surface area contributed by atoms with Crippen LogP contribution in [0.4, 0.5) is 4.39 Å². The van der Waals surface area contributed by atoms with Gasteiger partial charge in [-0.3, -0.25) is 4.79 Å². The number of benzene rings is 2. The van der Waals surface area contributed by atoms with Gasteiger partial charge in [0.25, 0.3) is 0 Å². The minimum absolute atomic E-state index is 0.159. The lowest BCUT2D eigenvalue weighted by Crippen LogP contribution is -2.51. The van der Waals surface area contributed by atoms with Gasteiger partial charge in [0.1, 0.15) is 11.9 Å². The highest BCUT2D eigenvalue weighted by Gasteiger charge is 2.59. The molecule has 4 aliphatic carbocycles. The molecule has 0 heterocycles. The number of halogens is 1. The third kappa shape index (κ3) is 7.16. The van der Waals surface area contributed by atoms with E-state index in [1.165, 1.54) is 32.1 Å². The molecule has 0 aliphatic heterocycles. The summed E-state index contributed by atoms with van der Waals surface area (Å²) >= 11 is 0. The number of alkyl halides is 1. The molecule has 0 bridgehead atoms. The summed E-state index contributed by atoms with van der Waals surface area (Å²) in [4.78, 5) is 15.8. The maximum absolute atomic E-state index is 16.1. The van der Waals surface area contributed by atoms with Crippen molar-refractivity contribution in [3.8, 4) is 17.2 Å². The Balaban J connectivity index is 1.11. The Morgan fingerprint density at radius 3 is 2.53 bits per heavy atom. The minimum Gasteiger partial charge on any atom is -0.508 e. The zero-order valence-electron chi connectivity index (χ0n) is 28.8. The fourth-order valence-corrected chi connectivity index (χ4v) is 10.2. The van der Waals surface area contributed by atoms with E-state index in [4.69, 9.17) is 9.47 Å². The molecular weight excluding hydrogens is 593 g/mol. The average Bonchev–Trinajstić information content (AvgIpc) is 3.36. The standard InChI is InChI=1S/C40H56FNO5/c1-40-24-33(41)39-31-15-14-30(43)23-29(31)22-28(38(39)32(40)16-18-36(40)44)12-8-5-9-19-42(25-26-10-6-4-7-11-26)37(45)21-27-13-17-34(46-2)35(20-27)47-3/h13-15,17,20,23,26,28,32-33,36,38-39,43-44H,4-12,16,18-19,21-22,24-25H2,1-3H3/t28-,32+,33+,36+,38+,39+,40+/m1/s1. The Bertz CT molecular complexity index is 1380. The highest BCUT2D eigenvalue weighted by Crippen LogP contribution is 2.63. The summed E-state index contributed by atoms with van der Waals surface area (Å²) in [6, 6.07) is 11.3. The lowest BCUT2D eigenvalue weighted by atomic mass is 9.51. The zero-order chi connectivity index (χ0) is 33.1. The van der Waals surface area contributed by atoms with E-state index in [0.29, 0.717) is 42.1 Å². The molecule has 7 heteroatoms. The van der Waals surface area contributed by atoms with Crippen LogP contribution in [0.15, 0.2) is 36.4 Å². The second-order valence-electron chi connectivity index (χ2n) is 15.4. The summed E-state index contributed by atoms with van der Waals surface area (Å²) in [5.41, 5.74) is 2.75. The van der Waals surface area contributed by atoms with Crippen molar-refractivity contribution in [1.29, 1.82) is 0 Å². The van der Waals surface area contributed by atoms with Crippen LogP contribution in [-0.4, -0.2) is 60.6 Å². The van der Waals surface area contributed by atoms with Gasteiger partial charge in [0, 0.05) is 19.0 Å². The van der Waals surface area contributed by atoms with Gasteiger partial charge in [-0.15, -0.1) is 0 Å². The summed E-state index contributed by atoms with van der Waals surface area (Å²) in [5, 5.41) is 21.3. The summed E-state index contributed by atoms with van der Waals surface area (Å²) in [7, 11) is 3.24. The van der Waals surface area contributed by atoms with E-state index >= 15 is 4.39 Å². The molecule has 6 nitrogen and oxygen atoms in total. The second-order valence-corrected chi connectivity index (χ2v) is 15.4. The second kappa shape index (κ2) is 14.8. The number of amides is 1. The number of fused-ring (bicyclic) bond motifs is 5. The monoisotopic (exact) mass is 649 g/mol. The Hall–Kier alpha value is -2.80. The summed E-state index contributed by atoms with van der Waals surface area (Å²) in [5.74, 6) is 3.00.